The molecule has 0 aromatic heterocycles. The number of amides is 1. The molecule has 1 aliphatic heterocycles. The normalized spacial score (nSPS) is 17.0. The van der Waals surface area contributed by atoms with Crippen LogP contribution in [0, 0.1) is 11.2 Å². The number of rotatable bonds is 5. The Kier molecular flexibility index (Phi) is 3.93. The van der Waals surface area contributed by atoms with Crippen LogP contribution in [0.5, 0.6) is 0 Å². The Morgan fingerprint density at radius 3 is 2.61 bits per heavy atom. The zero-order chi connectivity index (χ0) is 13.0. The van der Waals surface area contributed by atoms with Gasteiger partial charge in [-0.1, -0.05) is 6.92 Å². The van der Waals surface area contributed by atoms with E-state index in [1.165, 1.54) is 24.3 Å². The standard InChI is InChI=1S/C13H17FN2O2/c1-13(8-18-9-13)7-15-6-12(17)16-11-4-2-10(14)3-5-11/h2-5,15H,6-9H2,1H3,(H,16,17). The summed E-state index contributed by atoms with van der Waals surface area (Å²) in [5.41, 5.74) is 0.747. The van der Waals surface area contributed by atoms with Gasteiger partial charge in [0.15, 0.2) is 0 Å². The first-order valence-corrected chi connectivity index (χ1v) is 5.91. The molecule has 0 atom stereocenters. The van der Waals surface area contributed by atoms with Crippen molar-refractivity contribution in [2.45, 2.75) is 6.92 Å². The number of benzene rings is 1. The van der Waals surface area contributed by atoms with Gasteiger partial charge in [0.05, 0.1) is 19.8 Å². The van der Waals surface area contributed by atoms with E-state index in [1.54, 1.807) is 0 Å². The molecule has 0 spiro atoms. The van der Waals surface area contributed by atoms with Gasteiger partial charge in [-0.25, -0.2) is 4.39 Å². The van der Waals surface area contributed by atoms with Crippen molar-refractivity contribution in [2.75, 3.05) is 31.6 Å². The summed E-state index contributed by atoms with van der Waals surface area (Å²) in [5.74, 6) is -0.450. The number of carbonyl (C=O) groups is 1. The molecule has 18 heavy (non-hydrogen) atoms. The Morgan fingerprint density at radius 1 is 1.39 bits per heavy atom. The number of anilines is 1. The second kappa shape index (κ2) is 5.46. The Morgan fingerprint density at radius 2 is 2.06 bits per heavy atom. The number of nitrogens with one attached hydrogen (secondary N) is 2. The smallest absolute Gasteiger partial charge is 0.238 e. The molecular formula is C13H17FN2O2. The minimum absolute atomic E-state index is 0.134. The third kappa shape index (κ3) is 3.51. The predicted octanol–water partition coefficient (Wildman–Crippen LogP) is 1.39. The average molecular weight is 252 g/mol. The summed E-state index contributed by atoms with van der Waals surface area (Å²) in [6, 6.07) is 5.70. The first-order chi connectivity index (χ1) is 8.57. The zero-order valence-corrected chi connectivity index (χ0v) is 10.3. The fourth-order valence-electron chi connectivity index (χ4n) is 1.77. The lowest BCUT2D eigenvalue weighted by Gasteiger charge is -2.38. The van der Waals surface area contributed by atoms with Gasteiger partial charge in [-0.05, 0) is 24.3 Å². The number of hydrogen-bond acceptors (Lipinski definition) is 3. The lowest BCUT2D eigenvalue weighted by atomic mass is 9.89. The van der Waals surface area contributed by atoms with Crippen LogP contribution in [0.3, 0.4) is 0 Å². The second-order valence-corrected chi connectivity index (χ2v) is 4.96. The maximum absolute atomic E-state index is 12.7. The van der Waals surface area contributed by atoms with Gasteiger partial charge in [0.2, 0.25) is 5.91 Å². The summed E-state index contributed by atoms with van der Waals surface area (Å²) in [4.78, 5) is 11.6. The van der Waals surface area contributed by atoms with Gasteiger partial charge in [-0.2, -0.15) is 0 Å². The monoisotopic (exact) mass is 252 g/mol. The molecule has 1 saturated heterocycles. The van der Waals surface area contributed by atoms with Crippen molar-refractivity contribution in [1.29, 1.82) is 0 Å². The maximum atomic E-state index is 12.7. The minimum Gasteiger partial charge on any atom is -0.380 e. The molecule has 4 nitrogen and oxygen atoms in total. The van der Waals surface area contributed by atoms with Crippen molar-refractivity contribution in [1.82, 2.24) is 5.32 Å². The summed E-state index contributed by atoms with van der Waals surface area (Å²) >= 11 is 0. The van der Waals surface area contributed by atoms with Gasteiger partial charge < -0.3 is 15.4 Å². The minimum atomic E-state index is -0.316. The van der Waals surface area contributed by atoms with Crippen LogP contribution >= 0.6 is 0 Å². The van der Waals surface area contributed by atoms with Crippen molar-refractivity contribution in [2.24, 2.45) is 5.41 Å². The largest absolute Gasteiger partial charge is 0.380 e. The Bertz CT molecular complexity index is 416. The Hall–Kier alpha value is -1.46. The maximum Gasteiger partial charge on any atom is 0.238 e. The molecule has 0 saturated carbocycles. The third-order valence-electron chi connectivity index (χ3n) is 2.87. The van der Waals surface area contributed by atoms with Crippen LogP contribution in [0.15, 0.2) is 24.3 Å². The molecule has 0 unspecified atom stereocenters. The fraction of sp³-hybridized carbons (Fsp3) is 0.462. The van der Waals surface area contributed by atoms with Crippen molar-refractivity contribution in [3.63, 3.8) is 0 Å². The highest BCUT2D eigenvalue weighted by Crippen LogP contribution is 2.24. The molecule has 1 amide bonds. The first kappa shape index (κ1) is 13.0. The molecule has 0 bridgehead atoms. The molecule has 1 fully saturated rings. The SMILES string of the molecule is CC1(CNCC(=O)Nc2ccc(F)cc2)COC1. The van der Waals surface area contributed by atoms with Crippen LogP contribution in [0.25, 0.3) is 0 Å². The van der Waals surface area contributed by atoms with E-state index in [2.05, 4.69) is 17.6 Å². The molecule has 0 aliphatic carbocycles. The Labute approximate surface area is 106 Å². The number of halogens is 1. The third-order valence-corrected chi connectivity index (χ3v) is 2.87. The van der Waals surface area contributed by atoms with Gasteiger partial charge in [-0.15, -0.1) is 0 Å². The second-order valence-electron chi connectivity index (χ2n) is 4.96. The highest BCUT2D eigenvalue weighted by molar-refractivity contribution is 5.92. The van der Waals surface area contributed by atoms with Crippen molar-refractivity contribution in [3.8, 4) is 0 Å². The highest BCUT2D eigenvalue weighted by Gasteiger charge is 2.32. The van der Waals surface area contributed by atoms with E-state index in [-0.39, 0.29) is 23.7 Å². The summed E-state index contributed by atoms with van der Waals surface area (Å²) in [5, 5.41) is 5.79. The van der Waals surface area contributed by atoms with Crippen LogP contribution < -0.4 is 10.6 Å². The highest BCUT2D eigenvalue weighted by atomic mass is 19.1. The van der Waals surface area contributed by atoms with E-state index in [1.807, 2.05) is 0 Å². The van der Waals surface area contributed by atoms with Crippen LogP contribution in [0.1, 0.15) is 6.92 Å². The van der Waals surface area contributed by atoms with Gasteiger partial charge in [0.25, 0.3) is 0 Å². The van der Waals surface area contributed by atoms with E-state index in [0.29, 0.717) is 5.69 Å². The predicted molar refractivity (Wildman–Crippen MR) is 66.8 cm³/mol. The van der Waals surface area contributed by atoms with E-state index >= 15 is 0 Å². The molecule has 1 aromatic carbocycles. The number of hydrogen-bond donors (Lipinski definition) is 2. The van der Waals surface area contributed by atoms with Gasteiger partial charge in [-0.3, -0.25) is 4.79 Å². The van der Waals surface area contributed by atoms with Crippen molar-refractivity contribution in [3.05, 3.63) is 30.1 Å². The molecule has 5 heteroatoms. The summed E-state index contributed by atoms with van der Waals surface area (Å²) in [7, 11) is 0. The summed E-state index contributed by atoms with van der Waals surface area (Å²) in [6.07, 6.45) is 0. The molecule has 0 radical (unpaired) electrons. The van der Waals surface area contributed by atoms with E-state index in [0.717, 1.165) is 19.8 Å². The lowest BCUT2D eigenvalue weighted by Crippen LogP contribution is -2.48. The number of carbonyl (C=O) groups excluding carboxylic acids is 1. The van der Waals surface area contributed by atoms with Crippen LogP contribution in [-0.4, -0.2) is 32.2 Å². The molecule has 98 valence electrons. The molecule has 1 aromatic rings. The van der Waals surface area contributed by atoms with E-state index in [4.69, 9.17) is 4.74 Å². The molecule has 1 heterocycles. The van der Waals surface area contributed by atoms with Gasteiger partial charge >= 0.3 is 0 Å². The first-order valence-electron chi connectivity index (χ1n) is 5.91. The zero-order valence-electron chi connectivity index (χ0n) is 10.3. The van der Waals surface area contributed by atoms with Crippen LogP contribution in [0.2, 0.25) is 0 Å². The number of ether oxygens (including phenoxy) is 1. The molecular weight excluding hydrogens is 235 g/mol. The van der Waals surface area contributed by atoms with Gasteiger partial charge in [0.1, 0.15) is 5.82 Å². The summed E-state index contributed by atoms with van der Waals surface area (Å²) < 4.78 is 17.8. The van der Waals surface area contributed by atoms with Crippen molar-refractivity contribution >= 4 is 11.6 Å². The van der Waals surface area contributed by atoms with E-state index in [9.17, 15) is 9.18 Å². The lowest BCUT2D eigenvalue weighted by molar-refractivity contribution is -0.117. The fourth-order valence-corrected chi connectivity index (χ4v) is 1.77. The van der Waals surface area contributed by atoms with Crippen LogP contribution in [0.4, 0.5) is 10.1 Å². The van der Waals surface area contributed by atoms with Crippen LogP contribution in [-0.2, 0) is 9.53 Å². The van der Waals surface area contributed by atoms with Gasteiger partial charge in [0, 0.05) is 17.6 Å². The topological polar surface area (TPSA) is 50.4 Å². The molecule has 1 aliphatic rings. The Balaban J connectivity index is 1.70. The summed E-state index contributed by atoms with van der Waals surface area (Å²) in [6.45, 7) is 4.58. The average Bonchev–Trinajstić information content (AvgIpc) is 2.30. The van der Waals surface area contributed by atoms with Crippen molar-refractivity contribution < 1.29 is 13.9 Å². The quantitative estimate of drug-likeness (QED) is 0.832. The van der Waals surface area contributed by atoms with E-state index < -0.39 is 0 Å². The molecule has 2 N–H and O–H groups in total. The molecule has 2 rings (SSSR count).